The highest BCUT2D eigenvalue weighted by molar-refractivity contribution is 6.35. The zero-order chi connectivity index (χ0) is 21.2. The molecule has 4 N–H and O–H groups in total. The largest absolute Gasteiger partial charge is 0.380 e. The summed E-state index contributed by atoms with van der Waals surface area (Å²) in [5, 5.41) is 5.24. The zero-order valence-corrected chi connectivity index (χ0v) is 17.4. The normalized spacial score (nSPS) is 11.9. The fourth-order valence-electron chi connectivity index (χ4n) is 2.90. The lowest BCUT2D eigenvalue weighted by Crippen LogP contribution is -2.43. The summed E-state index contributed by atoms with van der Waals surface area (Å²) in [5.74, 6) is -0.870. The van der Waals surface area contributed by atoms with Gasteiger partial charge in [-0.1, -0.05) is 62.4 Å². The summed E-state index contributed by atoms with van der Waals surface area (Å²) < 4.78 is 5.08. The molecule has 0 aliphatic rings. The van der Waals surface area contributed by atoms with Crippen LogP contribution in [0.1, 0.15) is 48.1 Å². The molecule has 0 heterocycles. The standard InChI is InChI=1S/C23H31N3O3/c1-16(2)19-8-10-20(11-9-19)21(24)14-26-23(28)22(27)25-13-12-17-4-6-18(7-5-17)15-29-3/h4-11,16,21H,12-15,24H2,1-3H3,(H,25,27)(H,26,28). The molecule has 0 bridgehead atoms. The van der Waals surface area contributed by atoms with Crippen molar-refractivity contribution in [3.63, 3.8) is 0 Å². The molecule has 0 fully saturated rings. The fourth-order valence-corrected chi connectivity index (χ4v) is 2.90. The van der Waals surface area contributed by atoms with Gasteiger partial charge in [-0.3, -0.25) is 9.59 Å². The molecular formula is C23H31N3O3. The first-order chi connectivity index (χ1) is 13.9. The molecule has 0 radical (unpaired) electrons. The minimum atomic E-state index is -0.672. The van der Waals surface area contributed by atoms with Gasteiger partial charge < -0.3 is 21.1 Å². The molecule has 156 valence electrons. The highest BCUT2D eigenvalue weighted by Crippen LogP contribution is 2.17. The molecule has 0 aliphatic heterocycles. The number of nitrogens with one attached hydrogen (secondary N) is 2. The molecule has 29 heavy (non-hydrogen) atoms. The van der Waals surface area contributed by atoms with Gasteiger partial charge in [-0.05, 0) is 34.6 Å². The Morgan fingerprint density at radius 3 is 2.03 bits per heavy atom. The molecule has 2 aromatic carbocycles. The second-order valence-electron chi connectivity index (χ2n) is 7.39. The van der Waals surface area contributed by atoms with Crippen molar-refractivity contribution < 1.29 is 14.3 Å². The summed E-state index contributed by atoms with van der Waals surface area (Å²) in [6.45, 7) is 5.42. The Labute approximate surface area is 172 Å². The van der Waals surface area contributed by atoms with Crippen molar-refractivity contribution in [3.05, 3.63) is 70.8 Å². The smallest absolute Gasteiger partial charge is 0.309 e. The quantitative estimate of drug-likeness (QED) is 0.567. The van der Waals surface area contributed by atoms with Gasteiger partial charge in [-0.2, -0.15) is 0 Å². The lowest BCUT2D eigenvalue weighted by atomic mass is 9.99. The number of amides is 2. The molecule has 0 saturated heterocycles. The molecule has 0 aliphatic carbocycles. The molecule has 1 unspecified atom stereocenters. The van der Waals surface area contributed by atoms with E-state index >= 15 is 0 Å². The second kappa shape index (κ2) is 11.3. The number of carbonyl (C=O) groups is 2. The third kappa shape index (κ3) is 7.33. The van der Waals surface area contributed by atoms with Crippen molar-refractivity contribution in [1.29, 1.82) is 0 Å². The van der Waals surface area contributed by atoms with Gasteiger partial charge in [0.25, 0.3) is 0 Å². The number of hydrogen-bond acceptors (Lipinski definition) is 4. The predicted molar refractivity (Wildman–Crippen MR) is 114 cm³/mol. The molecule has 2 aromatic rings. The topological polar surface area (TPSA) is 93.4 Å². The van der Waals surface area contributed by atoms with E-state index in [0.29, 0.717) is 25.5 Å². The predicted octanol–water partition coefficient (Wildman–Crippen LogP) is 2.43. The Morgan fingerprint density at radius 2 is 1.45 bits per heavy atom. The van der Waals surface area contributed by atoms with E-state index in [-0.39, 0.29) is 12.6 Å². The van der Waals surface area contributed by atoms with Crippen LogP contribution in [-0.2, 0) is 27.4 Å². The average Bonchev–Trinajstić information content (AvgIpc) is 2.73. The second-order valence-corrected chi connectivity index (χ2v) is 7.39. The van der Waals surface area contributed by atoms with Crippen LogP contribution in [0.5, 0.6) is 0 Å². The Balaban J connectivity index is 1.72. The number of ether oxygens (including phenoxy) is 1. The van der Waals surface area contributed by atoms with Gasteiger partial charge in [0.1, 0.15) is 0 Å². The lowest BCUT2D eigenvalue weighted by Gasteiger charge is -2.14. The van der Waals surface area contributed by atoms with Crippen molar-refractivity contribution >= 4 is 11.8 Å². The number of carbonyl (C=O) groups excluding carboxylic acids is 2. The molecule has 6 heteroatoms. The summed E-state index contributed by atoms with van der Waals surface area (Å²) >= 11 is 0. The van der Waals surface area contributed by atoms with Gasteiger partial charge in [-0.25, -0.2) is 0 Å². The molecule has 2 rings (SSSR count). The fraction of sp³-hybridized carbons (Fsp3) is 0.391. The van der Waals surface area contributed by atoms with Crippen LogP contribution in [0.2, 0.25) is 0 Å². The van der Waals surface area contributed by atoms with Crippen molar-refractivity contribution in [2.24, 2.45) is 5.73 Å². The molecule has 0 spiro atoms. The lowest BCUT2D eigenvalue weighted by molar-refractivity contribution is -0.139. The number of nitrogens with two attached hydrogens (primary N) is 1. The maximum atomic E-state index is 12.0. The maximum Gasteiger partial charge on any atom is 0.309 e. The van der Waals surface area contributed by atoms with Crippen LogP contribution in [-0.4, -0.2) is 32.0 Å². The van der Waals surface area contributed by atoms with Crippen LogP contribution in [0.25, 0.3) is 0 Å². The summed E-state index contributed by atoms with van der Waals surface area (Å²) in [6, 6.07) is 15.6. The van der Waals surface area contributed by atoms with Gasteiger partial charge in [0.15, 0.2) is 0 Å². The third-order valence-electron chi connectivity index (χ3n) is 4.75. The van der Waals surface area contributed by atoms with Gasteiger partial charge in [0.05, 0.1) is 6.61 Å². The van der Waals surface area contributed by atoms with Crippen molar-refractivity contribution in [2.45, 2.75) is 38.8 Å². The number of hydrogen-bond donors (Lipinski definition) is 3. The Morgan fingerprint density at radius 1 is 0.897 bits per heavy atom. The summed E-state index contributed by atoms with van der Waals surface area (Å²) in [6.07, 6.45) is 0.647. The van der Waals surface area contributed by atoms with Crippen LogP contribution < -0.4 is 16.4 Å². The molecule has 0 aromatic heterocycles. The minimum absolute atomic E-state index is 0.203. The number of rotatable bonds is 9. The van der Waals surface area contributed by atoms with Crippen LogP contribution in [0.15, 0.2) is 48.5 Å². The molecule has 6 nitrogen and oxygen atoms in total. The van der Waals surface area contributed by atoms with E-state index in [2.05, 4.69) is 24.5 Å². The number of benzene rings is 2. The van der Waals surface area contributed by atoms with E-state index in [4.69, 9.17) is 10.5 Å². The highest BCUT2D eigenvalue weighted by atomic mass is 16.5. The first kappa shape index (κ1) is 22.6. The molecular weight excluding hydrogens is 366 g/mol. The monoisotopic (exact) mass is 397 g/mol. The van der Waals surface area contributed by atoms with Crippen LogP contribution in [0.4, 0.5) is 0 Å². The molecule has 2 amide bonds. The Kier molecular flexibility index (Phi) is 8.83. The van der Waals surface area contributed by atoms with E-state index in [1.54, 1.807) is 7.11 Å². The Bertz CT molecular complexity index is 786. The SMILES string of the molecule is COCc1ccc(CCNC(=O)C(=O)NCC(N)c2ccc(C(C)C)cc2)cc1. The summed E-state index contributed by atoms with van der Waals surface area (Å²) in [5.41, 5.74) is 10.5. The van der Waals surface area contributed by atoms with Crippen LogP contribution in [0.3, 0.4) is 0 Å². The van der Waals surface area contributed by atoms with Crippen LogP contribution >= 0.6 is 0 Å². The van der Waals surface area contributed by atoms with E-state index in [1.165, 1.54) is 5.56 Å². The van der Waals surface area contributed by atoms with Crippen molar-refractivity contribution in [1.82, 2.24) is 10.6 Å². The van der Waals surface area contributed by atoms with E-state index in [0.717, 1.165) is 16.7 Å². The highest BCUT2D eigenvalue weighted by Gasteiger charge is 2.15. The molecule has 0 saturated carbocycles. The average molecular weight is 398 g/mol. The van der Waals surface area contributed by atoms with Gasteiger partial charge >= 0.3 is 11.8 Å². The van der Waals surface area contributed by atoms with E-state index < -0.39 is 11.8 Å². The van der Waals surface area contributed by atoms with E-state index in [1.807, 2.05) is 48.5 Å². The Hall–Kier alpha value is -2.70. The van der Waals surface area contributed by atoms with Crippen molar-refractivity contribution in [3.8, 4) is 0 Å². The van der Waals surface area contributed by atoms with Gasteiger partial charge in [0.2, 0.25) is 0 Å². The third-order valence-corrected chi connectivity index (χ3v) is 4.75. The summed E-state index contributed by atoms with van der Waals surface area (Å²) in [7, 11) is 1.66. The van der Waals surface area contributed by atoms with Gasteiger partial charge in [0, 0.05) is 26.2 Å². The molecule has 1 atom stereocenters. The van der Waals surface area contributed by atoms with Gasteiger partial charge in [-0.15, -0.1) is 0 Å². The zero-order valence-electron chi connectivity index (χ0n) is 17.4. The first-order valence-electron chi connectivity index (χ1n) is 9.89. The first-order valence-corrected chi connectivity index (χ1v) is 9.89. The van der Waals surface area contributed by atoms with Crippen LogP contribution in [0, 0.1) is 0 Å². The number of methoxy groups -OCH3 is 1. The summed E-state index contributed by atoms with van der Waals surface area (Å²) in [4.78, 5) is 23.9. The van der Waals surface area contributed by atoms with Crippen molar-refractivity contribution in [2.75, 3.05) is 20.2 Å². The minimum Gasteiger partial charge on any atom is -0.380 e. The maximum absolute atomic E-state index is 12.0. The van der Waals surface area contributed by atoms with E-state index in [9.17, 15) is 9.59 Å².